The lowest BCUT2D eigenvalue weighted by Gasteiger charge is -2.21. The molecule has 0 saturated carbocycles. The zero-order chi connectivity index (χ0) is 20.4. The number of thioether (sulfide) groups is 1. The maximum atomic E-state index is 6.04. The molecule has 1 aliphatic carbocycles. The molecule has 152 valence electrons. The van der Waals surface area contributed by atoms with Crippen LogP contribution in [0.5, 0.6) is 5.75 Å². The van der Waals surface area contributed by atoms with E-state index in [2.05, 4.69) is 81.4 Å². The first-order valence-electron chi connectivity index (χ1n) is 10.7. The molecule has 2 aromatic carbocycles. The summed E-state index contributed by atoms with van der Waals surface area (Å²) in [6.07, 6.45) is 10.9. The van der Waals surface area contributed by atoms with Crippen molar-refractivity contribution in [3.05, 3.63) is 70.8 Å². The molecule has 0 spiro atoms. The number of allylic oxidation sites excluding steroid dienone is 2. The SMILES string of the molecule is CC(C)Oc1ccc(C2=CCCC=C(c3cccc4c3CCC4)S2)cc1N(C)C. The standard InChI is InChI=1S/C26H31NOS/c1-18(2)28-24-16-15-20(17-23(24)27(3)4)25-13-5-6-14-26(29-25)22-12-8-10-19-9-7-11-21(19)22/h8,10,12-18H,5-7,9,11H2,1-4H3. The van der Waals surface area contributed by atoms with E-state index in [0.717, 1.165) is 24.3 Å². The van der Waals surface area contributed by atoms with Crippen LogP contribution in [0.3, 0.4) is 0 Å². The van der Waals surface area contributed by atoms with Gasteiger partial charge < -0.3 is 9.64 Å². The van der Waals surface area contributed by atoms with Gasteiger partial charge in [0.15, 0.2) is 0 Å². The Morgan fingerprint density at radius 1 is 0.966 bits per heavy atom. The van der Waals surface area contributed by atoms with Crippen LogP contribution in [0.1, 0.15) is 55.4 Å². The third-order valence-electron chi connectivity index (χ3n) is 5.55. The fourth-order valence-corrected chi connectivity index (χ4v) is 5.38. The molecule has 1 aliphatic heterocycles. The molecule has 2 aromatic rings. The molecule has 0 radical (unpaired) electrons. The van der Waals surface area contributed by atoms with Gasteiger partial charge in [-0.2, -0.15) is 0 Å². The highest BCUT2D eigenvalue weighted by atomic mass is 32.2. The van der Waals surface area contributed by atoms with Crippen LogP contribution >= 0.6 is 11.8 Å². The highest BCUT2D eigenvalue weighted by molar-refractivity contribution is 8.16. The van der Waals surface area contributed by atoms with Crippen molar-refractivity contribution in [3.63, 3.8) is 0 Å². The maximum absolute atomic E-state index is 6.04. The Morgan fingerprint density at radius 2 is 1.76 bits per heavy atom. The van der Waals surface area contributed by atoms with Gasteiger partial charge in [-0.05, 0) is 80.3 Å². The number of ether oxygens (including phenoxy) is 1. The van der Waals surface area contributed by atoms with Gasteiger partial charge in [0.1, 0.15) is 5.75 Å². The number of anilines is 1. The number of fused-ring (bicyclic) bond motifs is 1. The zero-order valence-corrected chi connectivity index (χ0v) is 18.8. The monoisotopic (exact) mass is 405 g/mol. The number of benzene rings is 2. The molecule has 0 N–H and O–H groups in total. The summed E-state index contributed by atoms with van der Waals surface area (Å²) in [5.41, 5.74) is 6.97. The van der Waals surface area contributed by atoms with Crippen LogP contribution in [-0.2, 0) is 12.8 Å². The molecular formula is C26H31NOS. The van der Waals surface area contributed by atoms with Crippen molar-refractivity contribution in [1.29, 1.82) is 0 Å². The van der Waals surface area contributed by atoms with Crippen LogP contribution in [0, 0.1) is 0 Å². The molecule has 0 fully saturated rings. The first-order chi connectivity index (χ1) is 14.0. The van der Waals surface area contributed by atoms with E-state index >= 15 is 0 Å². The first-order valence-corrected chi connectivity index (χ1v) is 11.5. The molecule has 0 bridgehead atoms. The molecule has 0 atom stereocenters. The summed E-state index contributed by atoms with van der Waals surface area (Å²) >= 11 is 1.93. The van der Waals surface area contributed by atoms with E-state index in [1.165, 1.54) is 40.2 Å². The number of hydrogen-bond donors (Lipinski definition) is 0. The molecule has 3 heteroatoms. The third kappa shape index (κ3) is 4.40. The number of nitrogens with zero attached hydrogens (tertiary/aromatic N) is 1. The summed E-state index contributed by atoms with van der Waals surface area (Å²) in [7, 11) is 4.17. The van der Waals surface area contributed by atoms with E-state index in [9.17, 15) is 0 Å². The predicted molar refractivity (Wildman–Crippen MR) is 128 cm³/mol. The summed E-state index contributed by atoms with van der Waals surface area (Å²) in [5.74, 6) is 0.949. The van der Waals surface area contributed by atoms with Crippen LogP contribution in [-0.4, -0.2) is 20.2 Å². The van der Waals surface area contributed by atoms with Crippen molar-refractivity contribution in [2.45, 2.75) is 52.1 Å². The van der Waals surface area contributed by atoms with E-state index in [4.69, 9.17) is 4.74 Å². The van der Waals surface area contributed by atoms with Gasteiger partial charge in [0, 0.05) is 23.9 Å². The average molecular weight is 406 g/mol. The second-order valence-corrected chi connectivity index (χ2v) is 9.44. The largest absolute Gasteiger partial charge is 0.489 e. The quantitative estimate of drug-likeness (QED) is 0.535. The summed E-state index contributed by atoms with van der Waals surface area (Å²) in [6, 6.07) is 13.5. The maximum Gasteiger partial charge on any atom is 0.143 e. The molecule has 0 amide bonds. The number of rotatable bonds is 5. The first kappa shape index (κ1) is 20.2. The molecule has 2 nitrogen and oxygen atoms in total. The van der Waals surface area contributed by atoms with E-state index in [1.54, 1.807) is 11.1 Å². The second kappa shape index (κ2) is 8.71. The van der Waals surface area contributed by atoms with Crippen molar-refractivity contribution in [2.75, 3.05) is 19.0 Å². The van der Waals surface area contributed by atoms with Crippen LogP contribution in [0.4, 0.5) is 5.69 Å². The highest BCUT2D eigenvalue weighted by Crippen LogP contribution is 2.45. The predicted octanol–water partition coefficient (Wildman–Crippen LogP) is 6.94. The Bertz CT molecular complexity index is 955. The van der Waals surface area contributed by atoms with Gasteiger partial charge in [0.25, 0.3) is 0 Å². The van der Waals surface area contributed by atoms with E-state index < -0.39 is 0 Å². The lowest BCUT2D eigenvalue weighted by atomic mass is 10.0. The molecule has 0 unspecified atom stereocenters. The van der Waals surface area contributed by atoms with E-state index in [0.29, 0.717) is 0 Å². The minimum absolute atomic E-state index is 0.167. The van der Waals surface area contributed by atoms with Gasteiger partial charge >= 0.3 is 0 Å². The third-order valence-corrected chi connectivity index (χ3v) is 6.77. The summed E-state index contributed by atoms with van der Waals surface area (Å²) in [5, 5.41) is 0. The summed E-state index contributed by atoms with van der Waals surface area (Å²) < 4.78 is 6.04. The Balaban J connectivity index is 1.66. The Kier molecular flexibility index (Phi) is 6.05. The van der Waals surface area contributed by atoms with Gasteiger partial charge in [-0.3, -0.25) is 0 Å². The number of aryl methyl sites for hydroxylation is 1. The average Bonchev–Trinajstić information content (AvgIpc) is 3.04. The van der Waals surface area contributed by atoms with Crippen molar-refractivity contribution in [1.82, 2.24) is 0 Å². The highest BCUT2D eigenvalue weighted by Gasteiger charge is 2.20. The molecular weight excluding hydrogens is 374 g/mol. The summed E-state index contributed by atoms with van der Waals surface area (Å²) in [6.45, 7) is 4.15. The van der Waals surface area contributed by atoms with Crippen LogP contribution in [0.25, 0.3) is 9.81 Å². The molecule has 0 saturated heterocycles. The summed E-state index contributed by atoms with van der Waals surface area (Å²) in [4.78, 5) is 4.91. The second-order valence-electron chi connectivity index (χ2n) is 8.36. The van der Waals surface area contributed by atoms with Crippen molar-refractivity contribution < 1.29 is 4.74 Å². The molecule has 2 aliphatic rings. The van der Waals surface area contributed by atoms with Crippen LogP contribution in [0.15, 0.2) is 48.6 Å². The molecule has 0 aromatic heterocycles. The van der Waals surface area contributed by atoms with Crippen LogP contribution < -0.4 is 9.64 Å². The van der Waals surface area contributed by atoms with Gasteiger partial charge in [0.05, 0.1) is 11.8 Å². The van der Waals surface area contributed by atoms with Gasteiger partial charge in [0.2, 0.25) is 0 Å². The Hall–Kier alpha value is -2.13. The number of hydrogen-bond acceptors (Lipinski definition) is 3. The lowest BCUT2D eigenvalue weighted by Crippen LogP contribution is -2.13. The zero-order valence-electron chi connectivity index (χ0n) is 18.0. The fourth-order valence-electron chi connectivity index (χ4n) is 4.20. The molecule has 4 rings (SSSR count). The minimum Gasteiger partial charge on any atom is -0.489 e. The Labute approximate surface area is 179 Å². The smallest absolute Gasteiger partial charge is 0.143 e. The van der Waals surface area contributed by atoms with Crippen molar-refractivity contribution in [2.24, 2.45) is 0 Å². The van der Waals surface area contributed by atoms with E-state index in [-0.39, 0.29) is 6.10 Å². The minimum atomic E-state index is 0.167. The fraction of sp³-hybridized carbons (Fsp3) is 0.385. The molecule has 29 heavy (non-hydrogen) atoms. The van der Waals surface area contributed by atoms with Crippen molar-refractivity contribution in [3.8, 4) is 5.75 Å². The normalized spacial score (nSPS) is 16.2. The lowest BCUT2D eigenvalue weighted by molar-refractivity contribution is 0.243. The molecule has 1 heterocycles. The van der Waals surface area contributed by atoms with Gasteiger partial charge in [-0.25, -0.2) is 0 Å². The van der Waals surface area contributed by atoms with E-state index in [1.807, 2.05) is 11.8 Å². The van der Waals surface area contributed by atoms with Gasteiger partial charge in [-0.1, -0.05) is 48.2 Å². The Morgan fingerprint density at radius 3 is 2.52 bits per heavy atom. The van der Waals surface area contributed by atoms with Crippen molar-refractivity contribution >= 4 is 27.3 Å². The topological polar surface area (TPSA) is 12.5 Å². The van der Waals surface area contributed by atoms with Gasteiger partial charge in [-0.15, -0.1) is 0 Å². The van der Waals surface area contributed by atoms with Crippen LogP contribution in [0.2, 0.25) is 0 Å².